The van der Waals surface area contributed by atoms with Crippen LogP contribution in [0, 0.1) is 10.6 Å². The van der Waals surface area contributed by atoms with Crippen LogP contribution in [0.5, 0.6) is 0 Å². The third-order valence-corrected chi connectivity index (χ3v) is 2.35. The number of nitrogen functional groups attached to an aromatic ring is 1. The van der Waals surface area contributed by atoms with E-state index in [2.05, 4.69) is 15.0 Å². The topological polar surface area (TPSA) is 67.6 Å². The van der Waals surface area contributed by atoms with Gasteiger partial charge in [-0.15, -0.1) is 0 Å². The van der Waals surface area contributed by atoms with Crippen LogP contribution in [0.25, 0.3) is 11.4 Å². The first-order chi connectivity index (χ1) is 7.56. The lowest BCUT2D eigenvalue weighted by atomic mass is 10.2. The van der Waals surface area contributed by atoms with Gasteiger partial charge in [-0.1, -0.05) is 11.6 Å². The highest BCUT2D eigenvalue weighted by molar-refractivity contribution is 7.71. The fourth-order valence-electron chi connectivity index (χ4n) is 1.21. The van der Waals surface area contributed by atoms with Crippen LogP contribution in [0.3, 0.4) is 0 Å². The molecule has 3 N–H and O–H groups in total. The minimum absolute atomic E-state index is 0.103. The molecule has 7 heteroatoms. The lowest BCUT2D eigenvalue weighted by Crippen LogP contribution is -2.00. The van der Waals surface area contributed by atoms with Crippen molar-refractivity contribution in [1.29, 1.82) is 0 Å². The number of rotatable bonds is 1. The Morgan fingerprint density at radius 3 is 2.75 bits per heavy atom. The molecular formula is C9H6ClFN4S. The van der Waals surface area contributed by atoms with Crippen molar-refractivity contribution in [3.8, 4) is 11.4 Å². The SMILES string of the molecule is Nc1nc(=S)nc(-c2ccc(F)cc2Cl)[nH]1. The van der Waals surface area contributed by atoms with E-state index in [4.69, 9.17) is 29.6 Å². The van der Waals surface area contributed by atoms with E-state index in [1.54, 1.807) is 0 Å². The average molecular weight is 257 g/mol. The van der Waals surface area contributed by atoms with Crippen molar-refractivity contribution in [2.75, 3.05) is 5.73 Å². The van der Waals surface area contributed by atoms with E-state index in [-0.39, 0.29) is 15.7 Å². The summed E-state index contributed by atoms with van der Waals surface area (Å²) in [6.07, 6.45) is 0. The highest BCUT2D eigenvalue weighted by Gasteiger charge is 2.07. The predicted octanol–water partition coefficient (Wildman–Crippen LogP) is 2.58. The van der Waals surface area contributed by atoms with E-state index in [0.29, 0.717) is 11.4 Å². The first-order valence-electron chi connectivity index (χ1n) is 4.25. The van der Waals surface area contributed by atoms with E-state index >= 15 is 0 Å². The number of aromatic nitrogens is 3. The molecule has 0 aliphatic rings. The summed E-state index contributed by atoms with van der Waals surface area (Å²) >= 11 is 10.7. The van der Waals surface area contributed by atoms with Gasteiger partial charge in [0.15, 0.2) is 0 Å². The smallest absolute Gasteiger partial charge is 0.224 e. The Kier molecular flexibility index (Phi) is 2.84. The Labute approximate surface area is 100 Å². The lowest BCUT2D eigenvalue weighted by molar-refractivity contribution is 0.628. The number of halogens is 2. The van der Waals surface area contributed by atoms with Crippen LogP contribution in [0.15, 0.2) is 18.2 Å². The number of aromatic amines is 1. The second-order valence-electron chi connectivity index (χ2n) is 2.99. The predicted molar refractivity (Wildman–Crippen MR) is 62.0 cm³/mol. The summed E-state index contributed by atoms with van der Waals surface area (Å²) in [5, 5.41) is 0.226. The summed E-state index contributed by atoms with van der Waals surface area (Å²) in [5.41, 5.74) is 6.00. The molecule has 0 amide bonds. The second-order valence-corrected chi connectivity index (χ2v) is 3.76. The van der Waals surface area contributed by atoms with Crippen LogP contribution < -0.4 is 5.73 Å². The maximum absolute atomic E-state index is 12.8. The van der Waals surface area contributed by atoms with E-state index in [0.717, 1.165) is 0 Å². The van der Waals surface area contributed by atoms with Crippen molar-refractivity contribution in [2.45, 2.75) is 0 Å². The van der Waals surface area contributed by atoms with Crippen LogP contribution in [0.4, 0.5) is 10.3 Å². The molecule has 0 atom stereocenters. The third kappa shape index (κ3) is 2.17. The zero-order chi connectivity index (χ0) is 11.7. The molecule has 1 heterocycles. The van der Waals surface area contributed by atoms with Crippen molar-refractivity contribution in [3.05, 3.63) is 33.8 Å². The molecule has 0 saturated heterocycles. The lowest BCUT2D eigenvalue weighted by Gasteiger charge is -2.04. The molecule has 0 aliphatic heterocycles. The van der Waals surface area contributed by atoms with Gasteiger partial charge >= 0.3 is 0 Å². The van der Waals surface area contributed by atoms with Gasteiger partial charge in [-0.3, -0.25) is 0 Å². The van der Waals surface area contributed by atoms with E-state index in [1.165, 1.54) is 18.2 Å². The number of H-pyrrole nitrogens is 1. The van der Waals surface area contributed by atoms with Crippen LogP contribution >= 0.6 is 23.8 Å². The average Bonchev–Trinajstić information content (AvgIpc) is 2.15. The summed E-state index contributed by atoms with van der Waals surface area (Å²) in [6, 6.07) is 3.95. The normalized spacial score (nSPS) is 10.4. The summed E-state index contributed by atoms with van der Waals surface area (Å²) in [7, 11) is 0. The first-order valence-corrected chi connectivity index (χ1v) is 5.04. The summed E-state index contributed by atoms with van der Waals surface area (Å²) in [4.78, 5) is 10.4. The minimum Gasteiger partial charge on any atom is -0.369 e. The summed E-state index contributed by atoms with van der Waals surface area (Å²) < 4.78 is 13.0. The quantitative estimate of drug-likeness (QED) is 0.770. The van der Waals surface area contributed by atoms with Gasteiger partial charge in [-0.2, -0.15) is 4.98 Å². The zero-order valence-corrected chi connectivity index (χ0v) is 9.44. The standard InChI is InChI=1S/C9H6ClFN4S/c10-6-3-4(11)1-2-5(6)7-13-8(12)15-9(16)14-7/h1-3H,(H3,12,13,14,15,16). The monoisotopic (exact) mass is 256 g/mol. The molecule has 2 rings (SSSR count). The molecule has 0 unspecified atom stereocenters. The molecule has 0 radical (unpaired) electrons. The van der Waals surface area contributed by atoms with Gasteiger partial charge in [-0.05, 0) is 30.4 Å². The summed E-state index contributed by atoms with van der Waals surface area (Å²) in [6.45, 7) is 0. The number of nitrogens with zero attached hydrogens (tertiary/aromatic N) is 2. The number of hydrogen-bond donors (Lipinski definition) is 2. The van der Waals surface area contributed by atoms with Crippen molar-refractivity contribution in [2.24, 2.45) is 0 Å². The molecule has 0 saturated carbocycles. The number of nitrogens with two attached hydrogens (primary N) is 1. The van der Waals surface area contributed by atoms with Crippen molar-refractivity contribution in [1.82, 2.24) is 15.0 Å². The maximum Gasteiger partial charge on any atom is 0.224 e. The van der Waals surface area contributed by atoms with Gasteiger partial charge in [0, 0.05) is 5.56 Å². The molecule has 1 aromatic heterocycles. The number of hydrogen-bond acceptors (Lipinski definition) is 4. The molecule has 16 heavy (non-hydrogen) atoms. The first kappa shape index (κ1) is 11.0. The molecule has 0 fully saturated rings. The van der Waals surface area contributed by atoms with Crippen molar-refractivity contribution in [3.63, 3.8) is 0 Å². The Morgan fingerprint density at radius 1 is 1.38 bits per heavy atom. The van der Waals surface area contributed by atoms with Crippen LogP contribution in [0.1, 0.15) is 0 Å². The van der Waals surface area contributed by atoms with Crippen LogP contribution in [-0.2, 0) is 0 Å². The Bertz CT molecular complexity index is 598. The van der Waals surface area contributed by atoms with Gasteiger partial charge < -0.3 is 10.7 Å². The molecule has 0 spiro atoms. The fraction of sp³-hybridized carbons (Fsp3) is 0. The van der Waals surface area contributed by atoms with Crippen LogP contribution in [-0.4, -0.2) is 15.0 Å². The fourth-order valence-corrected chi connectivity index (χ4v) is 1.66. The zero-order valence-electron chi connectivity index (χ0n) is 7.87. The molecule has 82 valence electrons. The van der Waals surface area contributed by atoms with Gasteiger partial charge in [0.25, 0.3) is 0 Å². The Balaban J connectivity index is 2.63. The molecule has 0 aliphatic carbocycles. The van der Waals surface area contributed by atoms with Gasteiger partial charge in [0.2, 0.25) is 10.7 Å². The highest BCUT2D eigenvalue weighted by Crippen LogP contribution is 2.25. The molecule has 2 aromatic rings. The highest BCUT2D eigenvalue weighted by atomic mass is 35.5. The van der Waals surface area contributed by atoms with E-state index in [9.17, 15) is 4.39 Å². The van der Waals surface area contributed by atoms with Gasteiger partial charge in [0.05, 0.1) is 5.02 Å². The van der Waals surface area contributed by atoms with E-state index < -0.39 is 5.82 Å². The van der Waals surface area contributed by atoms with E-state index in [1.807, 2.05) is 0 Å². The summed E-state index contributed by atoms with van der Waals surface area (Å²) in [5.74, 6) is 0.0762. The third-order valence-electron chi connectivity index (χ3n) is 1.86. The molecular weight excluding hydrogens is 251 g/mol. The van der Waals surface area contributed by atoms with Crippen molar-refractivity contribution >= 4 is 29.8 Å². The van der Waals surface area contributed by atoms with Crippen LogP contribution in [0.2, 0.25) is 5.02 Å². The number of anilines is 1. The van der Waals surface area contributed by atoms with Gasteiger partial charge in [-0.25, -0.2) is 9.37 Å². The molecule has 1 aromatic carbocycles. The van der Waals surface area contributed by atoms with Gasteiger partial charge in [0.1, 0.15) is 11.6 Å². The number of nitrogens with one attached hydrogen (secondary N) is 1. The maximum atomic E-state index is 12.8. The largest absolute Gasteiger partial charge is 0.369 e. The molecule has 0 bridgehead atoms. The Hall–Kier alpha value is -1.53. The second kappa shape index (κ2) is 4.15. The van der Waals surface area contributed by atoms with Crippen molar-refractivity contribution < 1.29 is 4.39 Å². The Morgan fingerprint density at radius 2 is 2.12 bits per heavy atom. The molecule has 4 nitrogen and oxygen atoms in total. The minimum atomic E-state index is -0.422. The number of benzene rings is 1.